The summed E-state index contributed by atoms with van der Waals surface area (Å²) in [5.41, 5.74) is 3.03. The van der Waals surface area contributed by atoms with Gasteiger partial charge >= 0.3 is 5.97 Å². The Morgan fingerprint density at radius 1 is 0.884 bits per heavy atom. The maximum Gasteiger partial charge on any atom is 0.338 e. The number of fused-ring (bicyclic) bond motifs is 1. The number of esters is 1. The van der Waals surface area contributed by atoms with Crippen LogP contribution in [0.4, 0.5) is 0 Å². The van der Waals surface area contributed by atoms with E-state index < -0.39 is 11.0 Å². The molecule has 2 aliphatic carbocycles. The Kier molecular flexibility index (Phi) is 7.83. The number of cyclic esters (lactones) is 1. The van der Waals surface area contributed by atoms with Crippen molar-refractivity contribution in [3.05, 3.63) is 144 Å². The van der Waals surface area contributed by atoms with Crippen LogP contribution in [-0.4, -0.2) is 25.0 Å². The first kappa shape index (κ1) is 29.1. The van der Waals surface area contributed by atoms with E-state index in [4.69, 9.17) is 9.47 Å². The van der Waals surface area contributed by atoms with Crippen molar-refractivity contribution < 1.29 is 19.1 Å². The number of carbonyl (C=O) groups is 2. The van der Waals surface area contributed by atoms with Crippen molar-refractivity contribution in [3.63, 3.8) is 0 Å². The third-order valence-corrected chi connectivity index (χ3v) is 10.3. The highest BCUT2D eigenvalue weighted by molar-refractivity contribution is 5.93. The van der Waals surface area contributed by atoms with Crippen LogP contribution in [0.3, 0.4) is 0 Å². The largest absolute Gasteiger partial charge is 0.458 e. The monoisotopic (exact) mass is 572 g/mol. The van der Waals surface area contributed by atoms with Gasteiger partial charge in [-0.15, -0.1) is 0 Å². The molecular formula is C39H40O4. The summed E-state index contributed by atoms with van der Waals surface area (Å²) in [6.07, 6.45) is 8.84. The number of ketones is 1. The summed E-state index contributed by atoms with van der Waals surface area (Å²) in [6, 6.07) is 31.0. The fraction of sp³-hybridized carbons (Fsp3) is 0.333. The predicted molar refractivity (Wildman–Crippen MR) is 169 cm³/mol. The van der Waals surface area contributed by atoms with E-state index in [9.17, 15) is 9.59 Å². The molecule has 4 nitrogen and oxygen atoms in total. The molecule has 43 heavy (non-hydrogen) atoms. The van der Waals surface area contributed by atoms with Gasteiger partial charge in [-0.3, -0.25) is 4.79 Å². The molecule has 3 aliphatic rings. The van der Waals surface area contributed by atoms with Crippen molar-refractivity contribution in [3.8, 4) is 0 Å². The zero-order valence-corrected chi connectivity index (χ0v) is 25.1. The molecule has 0 amide bonds. The Hall–Kier alpha value is -4.02. The molecule has 2 saturated carbocycles. The van der Waals surface area contributed by atoms with Crippen molar-refractivity contribution in [1.82, 2.24) is 0 Å². The molecule has 6 rings (SSSR count). The van der Waals surface area contributed by atoms with Gasteiger partial charge in [-0.2, -0.15) is 0 Å². The van der Waals surface area contributed by atoms with Gasteiger partial charge in [0, 0.05) is 12.3 Å². The molecule has 3 aromatic carbocycles. The Morgan fingerprint density at radius 2 is 1.44 bits per heavy atom. The molecule has 1 aliphatic heterocycles. The predicted octanol–water partition coefficient (Wildman–Crippen LogP) is 7.99. The summed E-state index contributed by atoms with van der Waals surface area (Å²) >= 11 is 0. The summed E-state index contributed by atoms with van der Waals surface area (Å²) in [5.74, 6) is 0.118. The van der Waals surface area contributed by atoms with Gasteiger partial charge in [0.05, 0.1) is 17.6 Å². The van der Waals surface area contributed by atoms with E-state index >= 15 is 0 Å². The van der Waals surface area contributed by atoms with Crippen molar-refractivity contribution in [2.24, 2.45) is 22.7 Å². The molecule has 4 heteroatoms. The minimum absolute atomic E-state index is 0.0510. The third-order valence-electron chi connectivity index (χ3n) is 10.3. The van der Waals surface area contributed by atoms with E-state index in [1.807, 2.05) is 66.7 Å². The first-order valence-corrected chi connectivity index (χ1v) is 15.4. The van der Waals surface area contributed by atoms with Crippen LogP contribution in [0.25, 0.3) is 0 Å². The third kappa shape index (κ3) is 5.02. The van der Waals surface area contributed by atoms with Gasteiger partial charge in [0.25, 0.3) is 0 Å². The smallest absolute Gasteiger partial charge is 0.338 e. The second kappa shape index (κ2) is 11.6. The molecule has 0 aromatic heterocycles. The minimum atomic E-state index is -0.895. The maximum absolute atomic E-state index is 14.0. The zero-order valence-electron chi connectivity index (χ0n) is 25.1. The second-order valence-corrected chi connectivity index (χ2v) is 12.8. The number of carbonyl (C=O) groups excluding carboxylic acids is 2. The lowest BCUT2D eigenvalue weighted by atomic mass is 9.47. The highest BCUT2D eigenvalue weighted by Crippen LogP contribution is 2.61. The zero-order chi connectivity index (χ0) is 30.1. The normalized spacial score (nSPS) is 27.6. The summed E-state index contributed by atoms with van der Waals surface area (Å²) in [5, 5.41) is 0. The fourth-order valence-electron chi connectivity index (χ4n) is 8.01. The number of ether oxygens (including phenoxy) is 2. The number of hydrogen-bond donors (Lipinski definition) is 0. The van der Waals surface area contributed by atoms with Gasteiger partial charge in [0.15, 0.2) is 0 Å². The maximum atomic E-state index is 14.0. The molecule has 0 N–H and O–H groups in total. The summed E-state index contributed by atoms with van der Waals surface area (Å²) in [6.45, 7) is 9.49. The van der Waals surface area contributed by atoms with E-state index in [2.05, 4.69) is 62.9 Å². The average Bonchev–Trinajstić information content (AvgIpc) is 3.45. The molecule has 0 saturated heterocycles. The number of benzene rings is 3. The van der Waals surface area contributed by atoms with Crippen LogP contribution in [-0.2, 0) is 24.7 Å². The number of allylic oxidation sites excluding steroid dienone is 2. The molecule has 0 radical (unpaired) electrons. The molecular weight excluding hydrogens is 532 g/mol. The molecule has 0 unspecified atom stereocenters. The first-order valence-electron chi connectivity index (χ1n) is 15.4. The van der Waals surface area contributed by atoms with E-state index in [0.717, 1.165) is 41.5 Å². The Bertz CT molecular complexity index is 1460. The van der Waals surface area contributed by atoms with Gasteiger partial charge in [-0.1, -0.05) is 129 Å². The van der Waals surface area contributed by atoms with E-state index in [-0.39, 0.29) is 35.6 Å². The highest BCUT2D eigenvalue weighted by Gasteiger charge is 2.58. The van der Waals surface area contributed by atoms with E-state index in [1.165, 1.54) is 0 Å². The summed E-state index contributed by atoms with van der Waals surface area (Å²) in [7, 11) is 0. The molecule has 0 bridgehead atoms. The Balaban J connectivity index is 1.40. The van der Waals surface area contributed by atoms with Gasteiger partial charge in [0.2, 0.25) is 0 Å². The summed E-state index contributed by atoms with van der Waals surface area (Å²) in [4.78, 5) is 26.2. The van der Waals surface area contributed by atoms with Crippen molar-refractivity contribution >= 4 is 11.8 Å². The lowest BCUT2D eigenvalue weighted by Crippen LogP contribution is -2.56. The minimum Gasteiger partial charge on any atom is -0.458 e. The van der Waals surface area contributed by atoms with Crippen LogP contribution in [0.15, 0.2) is 127 Å². The average molecular weight is 573 g/mol. The number of hydrogen-bond acceptors (Lipinski definition) is 4. The van der Waals surface area contributed by atoms with Crippen molar-refractivity contribution in [2.45, 2.75) is 45.1 Å². The van der Waals surface area contributed by atoms with Crippen LogP contribution in [0.1, 0.15) is 56.2 Å². The molecule has 1 heterocycles. The van der Waals surface area contributed by atoms with Crippen LogP contribution in [0, 0.1) is 22.7 Å². The van der Waals surface area contributed by atoms with E-state index in [1.54, 1.807) is 0 Å². The topological polar surface area (TPSA) is 52.6 Å². The molecule has 2 fully saturated rings. The van der Waals surface area contributed by atoms with Crippen LogP contribution < -0.4 is 0 Å². The van der Waals surface area contributed by atoms with Crippen LogP contribution in [0.5, 0.6) is 0 Å². The SMILES string of the molecule is C=C1CC[C@H]2[C@@](C)(CCC(=O)[C@@]2(C)COC(c2ccccc2)(c2ccccc2)c2ccccc2)[C@@H]1/C=C/C1=CCOC1=O. The fourth-order valence-corrected chi connectivity index (χ4v) is 8.01. The van der Waals surface area contributed by atoms with Crippen molar-refractivity contribution in [1.29, 1.82) is 0 Å². The van der Waals surface area contributed by atoms with E-state index in [0.29, 0.717) is 18.6 Å². The molecule has 4 atom stereocenters. The number of Topliss-reactive ketones (excluding diaryl/α,β-unsaturated/α-hetero) is 1. The van der Waals surface area contributed by atoms with Crippen LogP contribution >= 0.6 is 0 Å². The summed E-state index contributed by atoms with van der Waals surface area (Å²) < 4.78 is 12.4. The lowest BCUT2D eigenvalue weighted by molar-refractivity contribution is -0.159. The van der Waals surface area contributed by atoms with Crippen molar-refractivity contribution in [2.75, 3.05) is 13.2 Å². The Morgan fingerprint density at radius 3 is 1.95 bits per heavy atom. The first-order chi connectivity index (χ1) is 20.8. The number of rotatable bonds is 8. The highest BCUT2D eigenvalue weighted by atomic mass is 16.5. The van der Waals surface area contributed by atoms with Gasteiger partial charge in [-0.25, -0.2) is 4.79 Å². The second-order valence-electron chi connectivity index (χ2n) is 12.8. The lowest BCUT2D eigenvalue weighted by Gasteiger charge is -2.57. The quantitative estimate of drug-likeness (QED) is 0.156. The van der Waals surface area contributed by atoms with Gasteiger partial charge < -0.3 is 9.47 Å². The molecule has 220 valence electrons. The van der Waals surface area contributed by atoms with Crippen LogP contribution in [0.2, 0.25) is 0 Å². The molecule has 3 aromatic rings. The molecule has 0 spiro atoms. The van der Waals surface area contributed by atoms with Gasteiger partial charge in [-0.05, 0) is 53.4 Å². The Labute approximate surface area is 255 Å². The standard InChI is InChI=1S/C39H40O4/c1-28-19-22-34-37(2,33(28)21-20-29-24-26-42-36(29)41)25-23-35(40)38(34,3)27-43-39(30-13-7-4-8-14-30,31-15-9-5-10-16-31)32-17-11-6-12-18-32/h4-18,20-21,24,33-34H,1,19,22-23,25-27H2,2-3H3/b21-20+/t33-,34+,37+,38+/m1/s1. The van der Waals surface area contributed by atoms with Gasteiger partial charge in [0.1, 0.15) is 18.0 Å².